The number of hydrogen-bond acceptors (Lipinski definition) is 0. The molecule has 0 radical (unpaired) electrons. The van der Waals surface area contributed by atoms with Crippen molar-refractivity contribution in [3.8, 4) is 33.4 Å². The van der Waals surface area contributed by atoms with Crippen LogP contribution in [0.2, 0.25) is 0 Å². The Labute approximate surface area is 239 Å². The summed E-state index contributed by atoms with van der Waals surface area (Å²) in [6.07, 6.45) is 0. The quantitative estimate of drug-likeness (QED) is 0.164. The lowest BCUT2D eigenvalue weighted by molar-refractivity contribution is 1.63. The van der Waals surface area contributed by atoms with Gasteiger partial charge >= 0.3 is 0 Å². The average Bonchev–Trinajstić information content (AvgIpc) is 3.05. The maximum Gasteiger partial charge on any atom is 0.0623 e. The van der Waals surface area contributed by atoms with Gasteiger partial charge < -0.3 is 0 Å². The van der Waals surface area contributed by atoms with Gasteiger partial charge in [-0.1, -0.05) is 158 Å². The summed E-state index contributed by atoms with van der Waals surface area (Å²) in [6.45, 7) is 0. The van der Waals surface area contributed by atoms with E-state index in [4.69, 9.17) is 5.48 Å². The second-order valence-electron chi connectivity index (χ2n) is 10.2. The summed E-state index contributed by atoms with van der Waals surface area (Å²) in [4.78, 5) is 0. The molecule has 0 aliphatic heterocycles. The molecule has 0 aromatic heterocycles. The van der Waals surface area contributed by atoms with Gasteiger partial charge in [-0.2, -0.15) is 0 Å². The molecule has 8 rings (SSSR count). The van der Waals surface area contributed by atoms with E-state index in [1.807, 2.05) is 30.3 Å². The maximum atomic E-state index is 8.55. The first kappa shape index (κ1) is 19.0. The smallest absolute Gasteiger partial charge is 0.0622 e. The van der Waals surface area contributed by atoms with Gasteiger partial charge in [0, 0.05) is 0 Å². The highest BCUT2D eigenvalue weighted by molar-refractivity contribution is 6.21. The highest BCUT2D eigenvalue weighted by Crippen LogP contribution is 2.44. The van der Waals surface area contributed by atoms with Gasteiger partial charge in [-0.3, -0.25) is 0 Å². The molecule has 0 heteroatoms. The highest BCUT2D eigenvalue weighted by Gasteiger charge is 2.16. The van der Waals surface area contributed by atoms with Crippen LogP contribution in [0.1, 0.15) is 5.48 Å². The molecule has 8 aromatic carbocycles. The van der Waals surface area contributed by atoms with Gasteiger partial charge in [-0.25, -0.2) is 0 Å². The van der Waals surface area contributed by atoms with Crippen LogP contribution < -0.4 is 0 Å². The molecule has 40 heavy (non-hydrogen) atoms. The molecule has 0 bridgehead atoms. The Kier molecular flexibility index (Phi) is 4.37. The van der Waals surface area contributed by atoms with Gasteiger partial charge in [0.15, 0.2) is 0 Å². The fourth-order valence-electron chi connectivity index (χ4n) is 6.23. The van der Waals surface area contributed by atoms with E-state index < -0.39 is 0 Å². The maximum absolute atomic E-state index is 8.55. The van der Waals surface area contributed by atoms with Crippen LogP contribution >= 0.6 is 0 Å². The Morgan fingerprint density at radius 2 is 0.825 bits per heavy atom. The fraction of sp³-hybridized carbons (Fsp3) is 0. The molecule has 0 nitrogen and oxygen atoms in total. The molecule has 0 amide bonds. The zero-order valence-electron chi connectivity index (χ0n) is 25.7. The predicted molar refractivity (Wildman–Crippen MR) is 173 cm³/mol. The number of hydrogen-bond donors (Lipinski definition) is 0. The van der Waals surface area contributed by atoms with E-state index >= 15 is 0 Å². The van der Waals surface area contributed by atoms with E-state index in [-0.39, 0.29) is 24.2 Å². The molecule has 8 aromatic rings. The van der Waals surface area contributed by atoms with Crippen LogP contribution in [0.5, 0.6) is 0 Å². The van der Waals surface area contributed by atoms with Crippen molar-refractivity contribution in [2.75, 3.05) is 0 Å². The van der Waals surface area contributed by atoms with E-state index in [0.717, 1.165) is 49.4 Å². The van der Waals surface area contributed by atoms with Gasteiger partial charge in [-0.05, 0) is 76.5 Å². The first-order valence-electron chi connectivity index (χ1n) is 15.5. The number of rotatable bonds is 3. The molecule has 0 saturated carbocycles. The molecule has 0 saturated heterocycles. The van der Waals surface area contributed by atoms with Crippen LogP contribution in [0.4, 0.5) is 0 Å². The van der Waals surface area contributed by atoms with Crippen molar-refractivity contribution in [1.82, 2.24) is 0 Å². The predicted octanol–water partition coefficient (Wildman–Crippen LogP) is 11.3. The molecule has 0 aliphatic carbocycles. The van der Waals surface area contributed by atoms with Crippen molar-refractivity contribution in [2.45, 2.75) is 0 Å². The Hall–Kier alpha value is -5.20. The molecule has 0 spiro atoms. The molecule has 186 valence electrons. The SMILES string of the molecule is [2H]c1cc2c(-c3ccccc3)c3cc([2H])c([2H])cc3c(-c3ccc(-c4cccc5ccc6ccccc6c45)cc3)c2cc1[2H]. The summed E-state index contributed by atoms with van der Waals surface area (Å²) in [5, 5.41) is 8.30. The first-order valence-corrected chi connectivity index (χ1v) is 13.5. The van der Waals surface area contributed by atoms with Crippen LogP contribution in [0.25, 0.3) is 76.5 Å². The van der Waals surface area contributed by atoms with Gasteiger partial charge in [-0.15, -0.1) is 0 Å². The van der Waals surface area contributed by atoms with E-state index in [1.54, 1.807) is 24.3 Å². The summed E-state index contributed by atoms with van der Waals surface area (Å²) in [5.74, 6) is 0. The summed E-state index contributed by atoms with van der Waals surface area (Å²) in [7, 11) is 0. The third-order valence-electron chi connectivity index (χ3n) is 8.01. The van der Waals surface area contributed by atoms with Crippen LogP contribution in [-0.4, -0.2) is 0 Å². The van der Waals surface area contributed by atoms with Crippen LogP contribution in [0, 0.1) is 0 Å². The van der Waals surface area contributed by atoms with Gasteiger partial charge in [0.25, 0.3) is 0 Å². The average molecular weight is 511 g/mol. The topological polar surface area (TPSA) is 0 Å². The lowest BCUT2D eigenvalue weighted by Gasteiger charge is -2.18. The third-order valence-corrected chi connectivity index (χ3v) is 8.01. The zero-order valence-corrected chi connectivity index (χ0v) is 21.7. The molecular weight excluding hydrogens is 480 g/mol. The van der Waals surface area contributed by atoms with Gasteiger partial charge in [0.2, 0.25) is 0 Å². The van der Waals surface area contributed by atoms with Crippen molar-refractivity contribution >= 4 is 43.1 Å². The summed E-state index contributed by atoms with van der Waals surface area (Å²) in [5.41, 5.74) is 6.03. The van der Waals surface area contributed by atoms with Gasteiger partial charge in [0.05, 0.1) is 5.48 Å². The normalized spacial score (nSPS) is 12.9. The van der Waals surface area contributed by atoms with Crippen molar-refractivity contribution in [1.29, 1.82) is 0 Å². The molecule has 0 aliphatic rings. The molecular formula is C40H26. The minimum Gasteiger partial charge on any atom is -0.0622 e. The Morgan fingerprint density at radius 3 is 1.48 bits per heavy atom. The van der Waals surface area contributed by atoms with E-state index in [1.165, 1.54) is 27.1 Å². The summed E-state index contributed by atoms with van der Waals surface area (Å²) >= 11 is 0. The molecule has 0 fully saturated rings. The fourth-order valence-corrected chi connectivity index (χ4v) is 6.23. The Morgan fingerprint density at radius 1 is 0.325 bits per heavy atom. The minimum absolute atomic E-state index is 0.152. The third kappa shape index (κ3) is 3.54. The standard InChI is InChI=1S/C40H26/c1-2-12-29(13-3-1)39-34-16-6-8-18-36(34)40(37-19-9-7-17-35(37)39)31-25-22-28(23-26-31)33-20-10-14-30-24-21-27-11-4-5-15-32(27)38(30)33/h1-26H/i6D,7D,8D,9D. The molecule has 0 heterocycles. The largest absolute Gasteiger partial charge is 0.0623 e. The van der Waals surface area contributed by atoms with Crippen molar-refractivity contribution < 1.29 is 5.48 Å². The molecule has 0 N–H and O–H groups in total. The zero-order chi connectivity index (χ0) is 29.9. The molecule has 0 unspecified atom stereocenters. The van der Waals surface area contributed by atoms with E-state index in [9.17, 15) is 0 Å². The lowest BCUT2D eigenvalue weighted by Crippen LogP contribution is -1.91. The highest BCUT2D eigenvalue weighted by atomic mass is 14.2. The second kappa shape index (κ2) is 9.22. The summed E-state index contributed by atoms with van der Waals surface area (Å²) in [6, 6.07) is 45.5. The first-order chi connectivity index (χ1) is 21.5. The monoisotopic (exact) mass is 510 g/mol. The van der Waals surface area contributed by atoms with Crippen molar-refractivity contribution in [3.63, 3.8) is 0 Å². The lowest BCUT2D eigenvalue weighted by atomic mass is 9.85. The van der Waals surface area contributed by atoms with Crippen LogP contribution in [-0.2, 0) is 0 Å². The van der Waals surface area contributed by atoms with Crippen LogP contribution in [0.15, 0.2) is 158 Å². The summed E-state index contributed by atoms with van der Waals surface area (Å²) < 4.78 is 34.1. The van der Waals surface area contributed by atoms with Crippen molar-refractivity contribution in [3.05, 3.63) is 158 Å². The van der Waals surface area contributed by atoms with E-state index in [2.05, 4.69) is 78.9 Å². The Bertz CT molecular complexity index is 2340. The van der Waals surface area contributed by atoms with Crippen molar-refractivity contribution in [2.24, 2.45) is 0 Å². The van der Waals surface area contributed by atoms with E-state index in [0.29, 0.717) is 0 Å². The minimum atomic E-state index is 0.152. The Balaban J connectivity index is 1.41. The number of benzene rings is 8. The van der Waals surface area contributed by atoms with Gasteiger partial charge in [0.1, 0.15) is 0 Å². The molecule has 0 atom stereocenters. The number of fused-ring (bicyclic) bond motifs is 5. The second-order valence-corrected chi connectivity index (χ2v) is 10.2. The van der Waals surface area contributed by atoms with Crippen LogP contribution in [0.3, 0.4) is 0 Å².